The lowest BCUT2D eigenvalue weighted by molar-refractivity contribution is 0.102. The van der Waals surface area contributed by atoms with Crippen LogP contribution in [0.5, 0.6) is 0 Å². The molecule has 22 heavy (non-hydrogen) atoms. The van der Waals surface area contributed by atoms with E-state index >= 15 is 0 Å². The Hall–Kier alpha value is -2.96. The van der Waals surface area contributed by atoms with E-state index in [4.69, 9.17) is 0 Å². The molecule has 3 rings (SSSR count). The fourth-order valence-corrected chi connectivity index (χ4v) is 2.14. The fourth-order valence-electron chi connectivity index (χ4n) is 2.14. The molecule has 0 radical (unpaired) electrons. The first kappa shape index (κ1) is 14.0. The standard InChI is InChI=1S/C15H16N6O/c1-11(2)21-14(6-7-17-21)19-15(22)12-4-3-5-13(8-12)20-10-16-9-18-20/h3-11H,1-2H3,(H,19,22). The molecule has 0 spiro atoms. The van der Waals surface area contributed by atoms with Crippen molar-refractivity contribution in [1.82, 2.24) is 24.5 Å². The van der Waals surface area contributed by atoms with Gasteiger partial charge in [0.15, 0.2) is 0 Å². The van der Waals surface area contributed by atoms with Crippen molar-refractivity contribution in [3.05, 3.63) is 54.7 Å². The van der Waals surface area contributed by atoms with Gasteiger partial charge in [0.05, 0.1) is 11.9 Å². The SMILES string of the molecule is CC(C)n1nccc1NC(=O)c1cccc(-n2cncn2)c1. The van der Waals surface area contributed by atoms with E-state index < -0.39 is 0 Å². The molecule has 0 saturated carbocycles. The minimum Gasteiger partial charge on any atom is -0.307 e. The average molecular weight is 296 g/mol. The van der Waals surface area contributed by atoms with Crippen LogP contribution in [0.4, 0.5) is 5.82 Å². The van der Waals surface area contributed by atoms with Gasteiger partial charge in [-0.05, 0) is 32.0 Å². The maximum Gasteiger partial charge on any atom is 0.256 e. The number of hydrogen-bond acceptors (Lipinski definition) is 4. The summed E-state index contributed by atoms with van der Waals surface area (Å²) in [5.41, 5.74) is 1.33. The molecule has 112 valence electrons. The summed E-state index contributed by atoms with van der Waals surface area (Å²) < 4.78 is 3.37. The van der Waals surface area contributed by atoms with Gasteiger partial charge >= 0.3 is 0 Å². The Morgan fingerprint density at radius 3 is 2.82 bits per heavy atom. The molecule has 1 amide bonds. The number of benzene rings is 1. The molecule has 0 fully saturated rings. The van der Waals surface area contributed by atoms with Crippen molar-refractivity contribution in [2.45, 2.75) is 19.9 Å². The minimum atomic E-state index is -0.190. The van der Waals surface area contributed by atoms with Crippen LogP contribution in [0.2, 0.25) is 0 Å². The first-order valence-electron chi connectivity index (χ1n) is 6.95. The van der Waals surface area contributed by atoms with Gasteiger partial charge in [0.1, 0.15) is 18.5 Å². The average Bonchev–Trinajstić information content (AvgIpc) is 3.18. The highest BCUT2D eigenvalue weighted by atomic mass is 16.1. The number of hydrogen-bond donors (Lipinski definition) is 1. The molecule has 7 heteroatoms. The van der Waals surface area contributed by atoms with Gasteiger partial charge < -0.3 is 5.32 Å². The zero-order valence-electron chi connectivity index (χ0n) is 12.3. The Morgan fingerprint density at radius 2 is 2.09 bits per heavy atom. The summed E-state index contributed by atoms with van der Waals surface area (Å²) in [6.45, 7) is 4.02. The molecule has 2 heterocycles. The molecule has 7 nitrogen and oxygen atoms in total. The Bertz CT molecular complexity index is 775. The number of amides is 1. The summed E-state index contributed by atoms with van der Waals surface area (Å²) in [5.74, 6) is 0.482. The summed E-state index contributed by atoms with van der Waals surface area (Å²) in [6.07, 6.45) is 4.71. The topological polar surface area (TPSA) is 77.6 Å². The van der Waals surface area contributed by atoms with Crippen molar-refractivity contribution in [2.75, 3.05) is 5.32 Å². The smallest absolute Gasteiger partial charge is 0.256 e. The highest BCUT2D eigenvalue weighted by Gasteiger charge is 2.12. The van der Waals surface area contributed by atoms with Crippen molar-refractivity contribution in [2.24, 2.45) is 0 Å². The number of carbonyl (C=O) groups is 1. The number of rotatable bonds is 4. The van der Waals surface area contributed by atoms with E-state index in [0.717, 1.165) is 5.69 Å². The van der Waals surface area contributed by atoms with Crippen LogP contribution in [0, 0.1) is 0 Å². The van der Waals surface area contributed by atoms with Crippen LogP contribution in [0.1, 0.15) is 30.2 Å². The van der Waals surface area contributed by atoms with Crippen molar-refractivity contribution in [1.29, 1.82) is 0 Å². The molecule has 0 unspecified atom stereocenters. The molecule has 0 aliphatic carbocycles. The highest BCUT2D eigenvalue weighted by Crippen LogP contribution is 2.15. The second-order valence-corrected chi connectivity index (χ2v) is 5.10. The van der Waals surface area contributed by atoms with Crippen LogP contribution in [0.25, 0.3) is 5.69 Å². The van der Waals surface area contributed by atoms with Crippen LogP contribution in [-0.4, -0.2) is 30.5 Å². The first-order valence-corrected chi connectivity index (χ1v) is 6.95. The molecular formula is C15H16N6O. The quantitative estimate of drug-likeness (QED) is 0.801. The van der Waals surface area contributed by atoms with Crippen molar-refractivity contribution < 1.29 is 4.79 Å². The molecule has 0 aliphatic heterocycles. The second-order valence-electron chi connectivity index (χ2n) is 5.10. The summed E-state index contributed by atoms with van der Waals surface area (Å²) in [6, 6.07) is 9.15. The molecule has 0 atom stereocenters. The van der Waals surface area contributed by atoms with E-state index in [1.165, 1.54) is 6.33 Å². The van der Waals surface area contributed by atoms with Crippen molar-refractivity contribution in [3.8, 4) is 5.69 Å². The van der Waals surface area contributed by atoms with Crippen LogP contribution in [-0.2, 0) is 0 Å². The Morgan fingerprint density at radius 1 is 1.23 bits per heavy atom. The number of carbonyl (C=O) groups excluding carboxylic acids is 1. The molecule has 3 aromatic rings. The third-order valence-corrected chi connectivity index (χ3v) is 3.19. The highest BCUT2D eigenvalue weighted by molar-refractivity contribution is 6.04. The maximum absolute atomic E-state index is 12.4. The lowest BCUT2D eigenvalue weighted by Gasteiger charge is -2.12. The van der Waals surface area contributed by atoms with Gasteiger partial charge in [-0.3, -0.25) is 4.79 Å². The van der Waals surface area contributed by atoms with Crippen LogP contribution in [0.15, 0.2) is 49.2 Å². The van der Waals surface area contributed by atoms with Crippen molar-refractivity contribution in [3.63, 3.8) is 0 Å². The van der Waals surface area contributed by atoms with Gasteiger partial charge in [-0.1, -0.05) is 6.07 Å². The molecule has 1 N–H and O–H groups in total. The zero-order chi connectivity index (χ0) is 15.5. The Kier molecular flexibility index (Phi) is 3.69. The molecule has 0 saturated heterocycles. The lowest BCUT2D eigenvalue weighted by atomic mass is 10.2. The van der Waals surface area contributed by atoms with E-state index in [1.807, 2.05) is 26.0 Å². The summed E-state index contributed by atoms with van der Waals surface area (Å²) >= 11 is 0. The van der Waals surface area contributed by atoms with Gasteiger partial charge in [-0.2, -0.15) is 10.2 Å². The van der Waals surface area contributed by atoms with E-state index in [0.29, 0.717) is 11.4 Å². The zero-order valence-corrected chi connectivity index (χ0v) is 12.3. The fraction of sp³-hybridized carbons (Fsp3) is 0.200. The number of nitrogens with zero attached hydrogens (tertiary/aromatic N) is 5. The van der Waals surface area contributed by atoms with Gasteiger partial charge in [-0.25, -0.2) is 14.3 Å². The summed E-state index contributed by atoms with van der Waals surface area (Å²) in [4.78, 5) is 16.3. The first-order chi connectivity index (χ1) is 10.6. The largest absolute Gasteiger partial charge is 0.307 e. The molecule has 2 aromatic heterocycles. The van der Waals surface area contributed by atoms with Gasteiger partial charge in [0.25, 0.3) is 5.91 Å². The predicted octanol–water partition coefficient (Wildman–Crippen LogP) is 2.30. The van der Waals surface area contributed by atoms with E-state index in [1.54, 1.807) is 40.1 Å². The van der Waals surface area contributed by atoms with Crippen LogP contribution < -0.4 is 5.32 Å². The summed E-state index contributed by atoms with van der Waals surface area (Å²) in [7, 11) is 0. The van der Waals surface area contributed by atoms with E-state index in [2.05, 4.69) is 20.5 Å². The monoisotopic (exact) mass is 296 g/mol. The van der Waals surface area contributed by atoms with Gasteiger partial charge in [0.2, 0.25) is 0 Å². The molecular weight excluding hydrogens is 280 g/mol. The Labute approximate surface area is 127 Å². The third kappa shape index (κ3) is 2.73. The normalized spacial score (nSPS) is 10.9. The van der Waals surface area contributed by atoms with Crippen LogP contribution in [0.3, 0.4) is 0 Å². The van der Waals surface area contributed by atoms with Crippen LogP contribution >= 0.6 is 0 Å². The van der Waals surface area contributed by atoms with E-state index in [9.17, 15) is 4.79 Å². The lowest BCUT2D eigenvalue weighted by Crippen LogP contribution is -2.17. The Balaban J connectivity index is 1.84. The number of nitrogens with one attached hydrogen (secondary N) is 1. The van der Waals surface area contributed by atoms with Gasteiger partial charge in [-0.15, -0.1) is 0 Å². The maximum atomic E-state index is 12.4. The summed E-state index contributed by atoms with van der Waals surface area (Å²) in [5, 5.41) is 11.1. The number of aromatic nitrogens is 5. The van der Waals surface area contributed by atoms with E-state index in [-0.39, 0.29) is 11.9 Å². The predicted molar refractivity (Wildman–Crippen MR) is 81.9 cm³/mol. The molecule has 0 aliphatic rings. The van der Waals surface area contributed by atoms with Gasteiger partial charge in [0, 0.05) is 17.7 Å². The third-order valence-electron chi connectivity index (χ3n) is 3.19. The molecule has 0 bridgehead atoms. The molecule has 1 aromatic carbocycles. The van der Waals surface area contributed by atoms with Crippen molar-refractivity contribution >= 4 is 11.7 Å². The minimum absolute atomic E-state index is 0.173. The second kappa shape index (κ2) is 5.80. The number of anilines is 1.